The van der Waals surface area contributed by atoms with Gasteiger partial charge in [-0.05, 0) is 49.2 Å². The number of rotatable bonds is 6. The minimum Gasteiger partial charge on any atom is -0.438 e. The Kier molecular flexibility index (Phi) is 5.96. The first-order valence-corrected chi connectivity index (χ1v) is 11.6. The van der Waals surface area contributed by atoms with Crippen LogP contribution in [0.15, 0.2) is 54.9 Å². The van der Waals surface area contributed by atoms with Crippen molar-refractivity contribution in [1.29, 1.82) is 0 Å². The lowest BCUT2D eigenvalue weighted by molar-refractivity contribution is -0.120. The molecule has 1 aromatic carbocycles. The lowest BCUT2D eigenvalue weighted by atomic mass is 9.97. The normalized spacial score (nSPS) is 15.5. The summed E-state index contributed by atoms with van der Waals surface area (Å²) < 4.78 is 31.9. The van der Waals surface area contributed by atoms with Gasteiger partial charge in [-0.1, -0.05) is 0 Å². The van der Waals surface area contributed by atoms with Crippen LogP contribution in [0.25, 0.3) is 5.82 Å². The standard InChI is InChI=1S/C20H22N6O4S/c1-31(28,29)25-13-9-15(10-14-25)20(27)22-16-3-5-17(6-4-16)30-19-8-7-18(23-24-19)26-12-2-11-21-26/h2-8,11-12,15H,9-10,13-14H2,1H3,(H,22,27). The largest absolute Gasteiger partial charge is 0.438 e. The Hall–Kier alpha value is -3.31. The fourth-order valence-electron chi connectivity index (χ4n) is 3.31. The molecule has 2 aromatic heterocycles. The van der Waals surface area contributed by atoms with Crippen LogP contribution >= 0.6 is 0 Å². The van der Waals surface area contributed by atoms with Gasteiger partial charge in [-0.15, -0.1) is 10.2 Å². The molecule has 1 N–H and O–H groups in total. The molecule has 0 radical (unpaired) electrons. The van der Waals surface area contributed by atoms with Crippen LogP contribution in [-0.4, -0.2) is 58.0 Å². The number of hydrogen-bond acceptors (Lipinski definition) is 7. The predicted molar refractivity (Wildman–Crippen MR) is 113 cm³/mol. The van der Waals surface area contributed by atoms with Crippen LogP contribution in [0.4, 0.5) is 5.69 Å². The van der Waals surface area contributed by atoms with E-state index in [0.717, 1.165) is 0 Å². The fraction of sp³-hybridized carbons (Fsp3) is 0.300. The van der Waals surface area contributed by atoms with Crippen LogP contribution in [0.5, 0.6) is 11.6 Å². The summed E-state index contributed by atoms with van der Waals surface area (Å²) in [6.45, 7) is 0.730. The molecule has 4 rings (SSSR count). The summed E-state index contributed by atoms with van der Waals surface area (Å²) in [6.07, 6.45) is 5.63. The molecule has 10 nitrogen and oxygen atoms in total. The summed E-state index contributed by atoms with van der Waals surface area (Å²) in [5.74, 6) is 1.16. The van der Waals surface area contributed by atoms with Gasteiger partial charge in [-0.2, -0.15) is 5.10 Å². The van der Waals surface area contributed by atoms with E-state index in [4.69, 9.17) is 4.74 Å². The predicted octanol–water partition coefficient (Wildman–Crippen LogP) is 2.06. The third kappa shape index (κ3) is 5.25. The highest BCUT2D eigenvalue weighted by molar-refractivity contribution is 7.88. The number of ether oxygens (including phenoxy) is 1. The molecule has 3 aromatic rings. The van der Waals surface area contributed by atoms with E-state index in [9.17, 15) is 13.2 Å². The average Bonchev–Trinajstić information content (AvgIpc) is 3.30. The van der Waals surface area contributed by atoms with E-state index in [2.05, 4.69) is 20.6 Å². The van der Waals surface area contributed by atoms with Crippen molar-refractivity contribution in [2.45, 2.75) is 12.8 Å². The Balaban J connectivity index is 1.31. The maximum Gasteiger partial charge on any atom is 0.238 e. The molecule has 31 heavy (non-hydrogen) atoms. The zero-order chi connectivity index (χ0) is 21.8. The first-order chi connectivity index (χ1) is 14.9. The highest BCUT2D eigenvalue weighted by Gasteiger charge is 2.28. The number of amides is 1. The number of carbonyl (C=O) groups excluding carboxylic acids is 1. The van der Waals surface area contributed by atoms with Crippen molar-refractivity contribution in [1.82, 2.24) is 24.3 Å². The summed E-state index contributed by atoms with van der Waals surface area (Å²) in [5.41, 5.74) is 0.642. The Labute approximate surface area is 179 Å². The maximum absolute atomic E-state index is 12.5. The molecule has 0 aliphatic carbocycles. The van der Waals surface area contributed by atoms with Gasteiger partial charge >= 0.3 is 0 Å². The monoisotopic (exact) mass is 442 g/mol. The minimum atomic E-state index is -3.20. The van der Waals surface area contributed by atoms with E-state index in [-0.39, 0.29) is 11.8 Å². The summed E-state index contributed by atoms with van der Waals surface area (Å²) >= 11 is 0. The van der Waals surface area contributed by atoms with Crippen molar-refractivity contribution in [2.24, 2.45) is 5.92 Å². The SMILES string of the molecule is CS(=O)(=O)N1CCC(C(=O)Nc2ccc(Oc3ccc(-n4cccn4)nn3)cc2)CC1. The van der Waals surface area contributed by atoms with Crippen LogP contribution in [0.1, 0.15) is 12.8 Å². The van der Waals surface area contributed by atoms with Crippen LogP contribution < -0.4 is 10.1 Å². The molecular formula is C20H22N6O4S. The average molecular weight is 443 g/mol. The molecule has 0 atom stereocenters. The first kappa shape index (κ1) is 20.9. The van der Waals surface area contributed by atoms with Crippen LogP contribution in [0, 0.1) is 5.92 Å². The van der Waals surface area contributed by atoms with Crippen molar-refractivity contribution in [3.05, 3.63) is 54.9 Å². The number of anilines is 1. The Morgan fingerprint density at radius 1 is 1.10 bits per heavy atom. The van der Waals surface area contributed by atoms with Crippen molar-refractivity contribution < 1.29 is 17.9 Å². The smallest absolute Gasteiger partial charge is 0.238 e. The van der Waals surface area contributed by atoms with E-state index in [1.165, 1.54) is 10.6 Å². The molecule has 162 valence electrons. The summed E-state index contributed by atoms with van der Waals surface area (Å²) in [7, 11) is -3.20. The van der Waals surface area contributed by atoms with Gasteiger partial charge in [0.2, 0.25) is 21.8 Å². The molecule has 1 aliphatic heterocycles. The van der Waals surface area contributed by atoms with E-state index in [1.807, 2.05) is 0 Å². The second-order valence-corrected chi connectivity index (χ2v) is 9.21. The molecule has 0 unspecified atom stereocenters. The second kappa shape index (κ2) is 8.82. The molecule has 0 spiro atoms. The van der Waals surface area contributed by atoms with Gasteiger partial charge in [-0.3, -0.25) is 4.79 Å². The molecule has 1 fully saturated rings. The summed E-state index contributed by atoms with van der Waals surface area (Å²) in [5, 5.41) is 15.1. The van der Waals surface area contributed by atoms with Crippen molar-refractivity contribution in [3.8, 4) is 17.4 Å². The Morgan fingerprint density at radius 3 is 2.42 bits per heavy atom. The number of piperidine rings is 1. The molecule has 11 heteroatoms. The minimum absolute atomic E-state index is 0.109. The third-order valence-corrected chi connectivity index (χ3v) is 6.31. The highest BCUT2D eigenvalue weighted by atomic mass is 32.2. The molecule has 1 saturated heterocycles. The van der Waals surface area contributed by atoms with Crippen molar-refractivity contribution in [3.63, 3.8) is 0 Å². The fourth-order valence-corrected chi connectivity index (χ4v) is 4.19. The quantitative estimate of drug-likeness (QED) is 0.620. The molecule has 1 aliphatic rings. The van der Waals surface area contributed by atoms with Gasteiger partial charge in [0.15, 0.2) is 5.82 Å². The molecule has 3 heterocycles. The number of nitrogens with zero attached hydrogens (tertiary/aromatic N) is 5. The summed E-state index contributed by atoms with van der Waals surface area (Å²) in [4.78, 5) is 12.5. The lowest BCUT2D eigenvalue weighted by Crippen LogP contribution is -2.40. The Morgan fingerprint density at radius 2 is 1.84 bits per heavy atom. The number of carbonyl (C=O) groups is 1. The topological polar surface area (TPSA) is 119 Å². The van der Waals surface area contributed by atoms with Gasteiger partial charge in [0, 0.05) is 43.2 Å². The maximum atomic E-state index is 12.5. The first-order valence-electron chi connectivity index (χ1n) is 9.76. The van der Waals surface area contributed by atoms with Crippen LogP contribution in [0.3, 0.4) is 0 Å². The Bertz CT molecular complexity index is 1120. The van der Waals surface area contributed by atoms with E-state index in [0.29, 0.717) is 49.1 Å². The van der Waals surface area contributed by atoms with Gasteiger partial charge in [0.05, 0.1) is 6.26 Å². The van der Waals surface area contributed by atoms with Gasteiger partial charge in [-0.25, -0.2) is 17.4 Å². The van der Waals surface area contributed by atoms with E-state index < -0.39 is 10.0 Å². The summed E-state index contributed by atoms with van der Waals surface area (Å²) in [6, 6.07) is 12.2. The van der Waals surface area contributed by atoms with Crippen molar-refractivity contribution in [2.75, 3.05) is 24.7 Å². The number of benzene rings is 1. The van der Waals surface area contributed by atoms with E-state index >= 15 is 0 Å². The van der Waals surface area contributed by atoms with Crippen LogP contribution in [-0.2, 0) is 14.8 Å². The van der Waals surface area contributed by atoms with Gasteiger partial charge in [0.25, 0.3) is 0 Å². The highest BCUT2D eigenvalue weighted by Crippen LogP contribution is 2.24. The number of sulfonamides is 1. The van der Waals surface area contributed by atoms with Gasteiger partial charge < -0.3 is 10.1 Å². The zero-order valence-electron chi connectivity index (χ0n) is 16.9. The third-order valence-electron chi connectivity index (χ3n) is 5.00. The molecule has 1 amide bonds. The van der Waals surface area contributed by atoms with Crippen molar-refractivity contribution >= 4 is 21.6 Å². The van der Waals surface area contributed by atoms with Gasteiger partial charge in [0.1, 0.15) is 5.75 Å². The molecule has 0 saturated carbocycles. The molecular weight excluding hydrogens is 420 g/mol. The van der Waals surface area contributed by atoms with E-state index in [1.54, 1.807) is 59.5 Å². The second-order valence-electron chi connectivity index (χ2n) is 7.23. The molecule has 0 bridgehead atoms. The lowest BCUT2D eigenvalue weighted by Gasteiger charge is -2.29. The number of nitrogens with one attached hydrogen (secondary N) is 1. The number of aromatic nitrogens is 4. The van der Waals surface area contributed by atoms with Crippen LogP contribution in [0.2, 0.25) is 0 Å². The zero-order valence-corrected chi connectivity index (χ0v) is 17.7. The number of hydrogen-bond donors (Lipinski definition) is 1.